The second-order valence-corrected chi connectivity index (χ2v) is 5.24. The molecule has 0 aliphatic rings. The lowest BCUT2D eigenvalue weighted by molar-refractivity contribution is 0.475. The molecule has 1 aromatic carbocycles. The summed E-state index contributed by atoms with van der Waals surface area (Å²) in [7, 11) is 0. The maximum absolute atomic E-state index is 9.13. The quantitative estimate of drug-likeness (QED) is 0.766. The number of hydrogen-bond donors (Lipinski definition) is 1. The molecule has 0 saturated carbocycles. The van der Waals surface area contributed by atoms with Crippen LogP contribution in [0.15, 0.2) is 24.3 Å². The minimum absolute atomic E-state index is 0.350. The van der Waals surface area contributed by atoms with E-state index < -0.39 is 0 Å². The lowest BCUT2D eigenvalue weighted by Gasteiger charge is -2.07. The van der Waals surface area contributed by atoms with E-state index in [1.165, 1.54) is 31.2 Å². The number of phenolic OH excluding ortho intramolecular Hbond substituents is 1. The zero-order valence-corrected chi connectivity index (χ0v) is 10.8. The number of hydrogen-bond acceptors (Lipinski definition) is 1. The molecule has 0 aromatic heterocycles. The first-order chi connectivity index (χ1) is 7.22. The molecule has 0 spiro atoms. The third-order valence-corrected chi connectivity index (χ3v) is 3.44. The van der Waals surface area contributed by atoms with Crippen LogP contribution in [0.3, 0.4) is 0 Å². The number of alkyl halides is 1. The monoisotopic (exact) mass is 270 g/mol. The zero-order chi connectivity index (χ0) is 11.1. The number of aryl methyl sites for hydroxylation is 1. The van der Waals surface area contributed by atoms with E-state index in [0.717, 1.165) is 6.42 Å². The van der Waals surface area contributed by atoms with Crippen molar-refractivity contribution in [2.24, 2.45) is 0 Å². The summed E-state index contributed by atoms with van der Waals surface area (Å²) in [6.45, 7) is 2.22. The van der Waals surface area contributed by atoms with Crippen molar-refractivity contribution < 1.29 is 5.11 Å². The van der Waals surface area contributed by atoms with E-state index >= 15 is 0 Å². The fourth-order valence-corrected chi connectivity index (χ4v) is 2.43. The first-order valence-corrected chi connectivity index (χ1v) is 6.56. The second-order valence-electron chi connectivity index (χ2n) is 3.94. The predicted octanol–water partition coefficient (Wildman–Crippen LogP) is 4.28. The van der Waals surface area contributed by atoms with Gasteiger partial charge >= 0.3 is 0 Å². The number of halogens is 1. The van der Waals surface area contributed by atoms with Crippen LogP contribution in [0.1, 0.15) is 38.2 Å². The van der Waals surface area contributed by atoms with Gasteiger partial charge in [-0.1, -0.05) is 41.4 Å². The van der Waals surface area contributed by atoms with Crippen molar-refractivity contribution in [1.82, 2.24) is 0 Å². The first-order valence-electron chi connectivity index (χ1n) is 5.64. The average Bonchev–Trinajstić information content (AvgIpc) is 2.21. The van der Waals surface area contributed by atoms with Gasteiger partial charge in [-0.15, -0.1) is 0 Å². The highest BCUT2D eigenvalue weighted by Crippen LogP contribution is 2.17. The predicted molar refractivity (Wildman–Crippen MR) is 68.7 cm³/mol. The molecule has 0 heterocycles. The van der Waals surface area contributed by atoms with Crippen molar-refractivity contribution in [1.29, 1.82) is 0 Å². The molecule has 0 saturated heterocycles. The highest BCUT2D eigenvalue weighted by Gasteiger charge is 2.02. The molecule has 1 atom stereocenters. The largest absolute Gasteiger partial charge is 0.508 e. The molecule has 0 fully saturated rings. The number of aromatic hydroxyl groups is 1. The van der Waals surface area contributed by atoms with Crippen molar-refractivity contribution >= 4 is 15.9 Å². The first kappa shape index (κ1) is 12.6. The number of rotatable bonds is 6. The van der Waals surface area contributed by atoms with Gasteiger partial charge in [0.25, 0.3) is 0 Å². The van der Waals surface area contributed by atoms with Gasteiger partial charge in [0.15, 0.2) is 0 Å². The molecule has 15 heavy (non-hydrogen) atoms. The summed E-state index contributed by atoms with van der Waals surface area (Å²) in [4.78, 5) is 0.666. The standard InChI is InChI=1S/C13H19BrO/c1-2-4-12(14)6-3-5-11-7-9-13(15)10-8-11/h7-10,12,15H,2-6H2,1H3. The second kappa shape index (κ2) is 6.89. The van der Waals surface area contributed by atoms with Crippen molar-refractivity contribution in [2.75, 3.05) is 0 Å². The maximum atomic E-state index is 9.13. The van der Waals surface area contributed by atoms with E-state index in [1.807, 2.05) is 12.1 Å². The van der Waals surface area contributed by atoms with Gasteiger partial charge in [0.2, 0.25) is 0 Å². The van der Waals surface area contributed by atoms with Crippen LogP contribution in [0.5, 0.6) is 5.75 Å². The van der Waals surface area contributed by atoms with E-state index in [2.05, 4.69) is 22.9 Å². The Morgan fingerprint density at radius 2 is 1.87 bits per heavy atom. The summed E-state index contributed by atoms with van der Waals surface area (Å²) in [6.07, 6.45) is 6.05. The van der Waals surface area contributed by atoms with Crippen molar-refractivity contribution in [3.8, 4) is 5.75 Å². The van der Waals surface area contributed by atoms with E-state index in [4.69, 9.17) is 5.11 Å². The minimum atomic E-state index is 0.350. The van der Waals surface area contributed by atoms with Crippen molar-refractivity contribution in [3.05, 3.63) is 29.8 Å². The molecule has 2 heteroatoms. The molecule has 0 bridgehead atoms. The Morgan fingerprint density at radius 3 is 2.47 bits per heavy atom. The van der Waals surface area contributed by atoms with Gasteiger partial charge in [-0.05, 0) is 43.4 Å². The summed E-state index contributed by atoms with van der Waals surface area (Å²) >= 11 is 3.68. The third kappa shape index (κ3) is 5.22. The Bertz CT molecular complexity index is 268. The van der Waals surface area contributed by atoms with Gasteiger partial charge in [-0.3, -0.25) is 0 Å². The van der Waals surface area contributed by atoms with Crippen LogP contribution >= 0.6 is 15.9 Å². The Hall–Kier alpha value is -0.500. The molecule has 0 radical (unpaired) electrons. The molecule has 0 aliphatic heterocycles. The van der Waals surface area contributed by atoms with Crippen LogP contribution in [0.4, 0.5) is 0 Å². The summed E-state index contributed by atoms with van der Waals surface area (Å²) < 4.78 is 0. The van der Waals surface area contributed by atoms with E-state index in [0.29, 0.717) is 10.6 Å². The molecule has 0 amide bonds. The molecular formula is C13H19BrO. The summed E-state index contributed by atoms with van der Waals surface area (Å²) in [6, 6.07) is 7.51. The fraction of sp³-hybridized carbons (Fsp3) is 0.538. The van der Waals surface area contributed by atoms with E-state index in [1.54, 1.807) is 12.1 Å². The molecule has 84 valence electrons. The van der Waals surface area contributed by atoms with Gasteiger partial charge in [0.05, 0.1) is 0 Å². The molecular weight excluding hydrogens is 252 g/mol. The maximum Gasteiger partial charge on any atom is 0.115 e. The minimum Gasteiger partial charge on any atom is -0.508 e. The molecule has 1 nitrogen and oxygen atoms in total. The molecule has 0 aliphatic carbocycles. The molecule has 1 rings (SSSR count). The van der Waals surface area contributed by atoms with E-state index in [9.17, 15) is 0 Å². The number of benzene rings is 1. The summed E-state index contributed by atoms with van der Waals surface area (Å²) in [5.41, 5.74) is 1.31. The zero-order valence-electron chi connectivity index (χ0n) is 9.25. The van der Waals surface area contributed by atoms with Crippen molar-refractivity contribution in [3.63, 3.8) is 0 Å². The lowest BCUT2D eigenvalue weighted by atomic mass is 10.1. The normalized spacial score (nSPS) is 12.7. The third-order valence-electron chi connectivity index (χ3n) is 2.52. The topological polar surface area (TPSA) is 20.2 Å². The summed E-state index contributed by atoms with van der Waals surface area (Å²) in [5.74, 6) is 0.350. The Kier molecular flexibility index (Phi) is 5.77. The van der Waals surface area contributed by atoms with Crippen LogP contribution in [-0.2, 0) is 6.42 Å². The SMILES string of the molecule is CCCC(Br)CCCc1ccc(O)cc1. The molecule has 1 unspecified atom stereocenters. The van der Waals surface area contributed by atoms with Gasteiger partial charge in [-0.25, -0.2) is 0 Å². The van der Waals surface area contributed by atoms with Gasteiger partial charge in [0, 0.05) is 4.83 Å². The van der Waals surface area contributed by atoms with Crippen LogP contribution in [0, 0.1) is 0 Å². The van der Waals surface area contributed by atoms with Crippen LogP contribution in [-0.4, -0.2) is 9.93 Å². The summed E-state index contributed by atoms with van der Waals surface area (Å²) in [5, 5.41) is 9.13. The Morgan fingerprint density at radius 1 is 1.20 bits per heavy atom. The highest BCUT2D eigenvalue weighted by molar-refractivity contribution is 9.09. The fourth-order valence-electron chi connectivity index (χ4n) is 1.65. The highest BCUT2D eigenvalue weighted by atomic mass is 79.9. The smallest absolute Gasteiger partial charge is 0.115 e. The molecule has 1 N–H and O–H groups in total. The van der Waals surface area contributed by atoms with Crippen LogP contribution < -0.4 is 0 Å². The van der Waals surface area contributed by atoms with Gasteiger partial charge in [0.1, 0.15) is 5.75 Å². The molecule has 1 aromatic rings. The van der Waals surface area contributed by atoms with Crippen LogP contribution in [0.2, 0.25) is 0 Å². The van der Waals surface area contributed by atoms with Gasteiger partial charge in [-0.2, -0.15) is 0 Å². The Balaban J connectivity index is 2.22. The Labute approximate surface area is 101 Å². The van der Waals surface area contributed by atoms with Crippen molar-refractivity contribution in [2.45, 2.75) is 43.9 Å². The average molecular weight is 271 g/mol. The number of phenols is 1. The lowest BCUT2D eigenvalue weighted by Crippen LogP contribution is -1.97. The van der Waals surface area contributed by atoms with Crippen LogP contribution in [0.25, 0.3) is 0 Å². The van der Waals surface area contributed by atoms with E-state index in [-0.39, 0.29) is 0 Å². The van der Waals surface area contributed by atoms with Gasteiger partial charge < -0.3 is 5.11 Å².